The molecule has 2 heterocycles. The topological polar surface area (TPSA) is 105 Å². The van der Waals surface area contributed by atoms with Gasteiger partial charge in [-0.1, -0.05) is 30.8 Å². The van der Waals surface area contributed by atoms with Gasteiger partial charge in [0, 0.05) is 29.3 Å². The lowest BCUT2D eigenvalue weighted by atomic mass is 10.0. The number of hydrogen-bond acceptors (Lipinski definition) is 8. The largest absolute Gasteiger partial charge is 0.442 e. The molecule has 1 saturated heterocycles. The van der Waals surface area contributed by atoms with Crippen molar-refractivity contribution in [2.75, 3.05) is 23.3 Å². The molecule has 0 aliphatic carbocycles. The van der Waals surface area contributed by atoms with Crippen LogP contribution < -0.4 is 21.3 Å². The Bertz CT molecular complexity index is 1150. The van der Waals surface area contributed by atoms with Crippen LogP contribution in [0, 0.1) is 5.82 Å². The second kappa shape index (κ2) is 9.97. The monoisotopic (exact) mass is 468 g/mol. The van der Waals surface area contributed by atoms with Crippen molar-refractivity contribution in [3.8, 4) is 11.1 Å². The van der Waals surface area contributed by atoms with E-state index in [9.17, 15) is 9.18 Å². The van der Waals surface area contributed by atoms with Crippen molar-refractivity contribution in [1.29, 1.82) is 0 Å². The summed E-state index contributed by atoms with van der Waals surface area (Å²) >= 11 is 1.27. The highest BCUT2D eigenvalue weighted by Gasteiger charge is 2.32. The lowest BCUT2D eigenvalue weighted by Gasteiger charge is -2.15. The Hall–Kier alpha value is -3.50. The minimum atomic E-state index is -0.485. The third-order valence-corrected chi connectivity index (χ3v) is 5.84. The predicted octanol–water partition coefficient (Wildman–Crippen LogP) is 3.86. The first-order valence-corrected chi connectivity index (χ1v) is 11.2. The van der Waals surface area contributed by atoms with Crippen LogP contribution in [0.4, 0.5) is 20.0 Å². The SMILES string of the molecule is C=C(C)NC[C@H]1CN(c2ccc(-c3ccc(CNc4nc(CN)ns4)cc3)c(F)c2)C(=O)O1. The number of hydrogen-bond donors (Lipinski definition) is 3. The van der Waals surface area contributed by atoms with E-state index < -0.39 is 11.9 Å². The summed E-state index contributed by atoms with van der Waals surface area (Å²) in [5.74, 6) is 0.205. The minimum Gasteiger partial charge on any atom is -0.442 e. The summed E-state index contributed by atoms with van der Waals surface area (Å²) in [5, 5.41) is 6.97. The van der Waals surface area contributed by atoms with Gasteiger partial charge in [0.1, 0.15) is 11.9 Å². The second-order valence-electron chi connectivity index (χ2n) is 7.71. The van der Waals surface area contributed by atoms with Gasteiger partial charge in [0.25, 0.3) is 0 Å². The molecule has 1 aliphatic rings. The number of nitrogens with zero attached hydrogens (tertiary/aromatic N) is 3. The summed E-state index contributed by atoms with van der Waals surface area (Å²) < 4.78 is 24.4. The number of halogens is 1. The van der Waals surface area contributed by atoms with Crippen LogP contribution in [-0.2, 0) is 17.8 Å². The number of nitrogens with one attached hydrogen (secondary N) is 2. The van der Waals surface area contributed by atoms with Crippen molar-refractivity contribution in [3.05, 3.63) is 71.9 Å². The van der Waals surface area contributed by atoms with E-state index in [4.69, 9.17) is 10.5 Å². The van der Waals surface area contributed by atoms with Crippen molar-refractivity contribution >= 4 is 28.4 Å². The maximum Gasteiger partial charge on any atom is 0.414 e. The van der Waals surface area contributed by atoms with Gasteiger partial charge >= 0.3 is 6.09 Å². The van der Waals surface area contributed by atoms with Gasteiger partial charge in [-0.25, -0.2) is 14.2 Å². The number of cyclic esters (lactones) is 1. The number of carbonyl (C=O) groups excluding carboxylic acids is 1. The molecular formula is C23H25FN6O2S. The molecule has 0 spiro atoms. The molecule has 172 valence electrons. The molecule has 1 fully saturated rings. The molecule has 1 aliphatic heterocycles. The first kappa shape index (κ1) is 22.7. The van der Waals surface area contributed by atoms with E-state index >= 15 is 0 Å². The predicted molar refractivity (Wildman–Crippen MR) is 127 cm³/mol. The van der Waals surface area contributed by atoms with E-state index in [0.717, 1.165) is 16.8 Å². The minimum absolute atomic E-state index is 0.309. The summed E-state index contributed by atoms with van der Waals surface area (Å²) in [6.07, 6.45) is -0.804. The standard InChI is InChI=1S/C23H25FN6O2S/c1-14(2)26-12-18-13-30(23(31)32-18)17-7-8-19(20(24)9-17)16-5-3-15(4-6-16)11-27-22-28-21(10-25)29-33-22/h3-9,18,26H,1,10-13,25H2,2H3,(H,27,28,29)/t18-/m0/s1. The van der Waals surface area contributed by atoms with Crippen LogP contribution in [0.5, 0.6) is 0 Å². The molecule has 4 N–H and O–H groups in total. The molecule has 8 nitrogen and oxygen atoms in total. The molecule has 10 heteroatoms. The summed E-state index contributed by atoms with van der Waals surface area (Å²) in [7, 11) is 0. The summed E-state index contributed by atoms with van der Waals surface area (Å²) in [6.45, 7) is 7.29. The van der Waals surface area contributed by atoms with Gasteiger partial charge in [-0.05, 0) is 36.2 Å². The third-order valence-electron chi connectivity index (χ3n) is 5.13. The quantitative estimate of drug-likeness (QED) is 0.438. The molecule has 0 bridgehead atoms. The smallest absolute Gasteiger partial charge is 0.414 e. The van der Waals surface area contributed by atoms with Gasteiger partial charge in [0.05, 0.1) is 25.3 Å². The number of anilines is 2. The van der Waals surface area contributed by atoms with E-state index in [-0.39, 0.29) is 6.10 Å². The molecular weight excluding hydrogens is 443 g/mol. The lowest BCUT2D eigenvalue weighted by Crippen LogP contribution is -2.30. The summed E-state index contributed by atoms with van der Waals surface area (Å²) in [5.41, 5.74) is 9.02. The lowest BCUT2D eigenvalue weighted by molar-refractivity contribution is 0.141. The van der Waals surface area contributed by atoms with Crippen molar-refractivity contribution in [3.63, 3.8) is 0 Å². The Morgan fingerprint density at radius 3 is 2.79 bits per heavy atom. The molecule has 1 aromatic heterocycles. The van der Waals surface area contributed by atoms with E-state index in [0.29, 0.717) is 48.4 Å². The number of amides is 1. The van der Waals surface area contributed by atoms with E-state index in [1.807, 2.05) is 31.2 Å². The number of benzene rings is 2. The number of carbonyl (C=O) groups is 1. The van der Waals surface area contributed by atoms with Crippen LogP contribution in [0.3, 0.4) is 0 Å². The second-order valence-corrected chi connectivity index (χ2v) is 8.46. The normalized spacial score (nSPS) is 15.4. The number of ether oxygens (including phenoxy) is 1. The Morgan fingerprint density at radius 2 is 2.12 bits per heavy atom. The third kappa shape index (κ3) is 5.47. The fraction of sp³-hybridized carbons (Fsp3) is 0.261. The van der Waals surface area contributed by atoms with E-state index in [2.05, 4.69) is 26.6 Å². The Kier molecular flexibility index (Phi) is 6.85. The molecule has 0 radical (unpaired) electrons. The van der Waals surface area contributed by atoms with E-state index in [1.54, 1.807) is 12.1 Å². The van der Waals surface area contributed by atoms with Crippen molar-refractivity contribution in [2.24, 2.45) is 5.73 Å². The fourth-order valence-corrected chi connectivity index (χ4v) is 4.01. The van der Waals surface area contributed by atoms with Crippen molar-refractivity contribution in [1.82, 2.24) is 14.7 Å². The summed E-state index contributed by atoms with van der Waals surface area (Å²) in [6, 6.07) is 12.4. The van der Waals surface area contributed by atoms with Gasteiger partial charge < -0.3 is 21.1 Å². The highest BCUT2D eigenvalue weighted by molar-refractivity contribution is 7.09. The highest BCUT2D eigenvalue weighted by atomic mass is 32.1. The van der Waals surface area contributed by atoms with Gasteiger partial charge in [0.15, 0.2) is 5.82 Å². The van der Waals surface area contributed by atoms with Gasteiger partial charge in [0.2, 0.25) is 5.13 Å². The zero-order valence-corrected chi connectivity index (χ0v) is 19.0. The molecule has 0 saturated carbocycles. The number of allylic oxidation sites excluding steroid dienone is 1. The maximum atomic E-state index is 14.9. The van der Waals surface area contributed by atoms with Crippen molar-refractivity contribution in [2.45, 2.75) is 26.1 Å². The van der Waals surface area contributed by atoms with Crippen LogP contribution >= 0.6 is 11.5 Å². The molecule has 2 aromatic carbocycles. The average molecular weight is 469 g/mol. The number of nitrogens with two attached hydrogens (primary N) is 1. The van der Waals surface area contributed by atoms with Crippen LogP contribution in [0.2, 0.25) is 0 Å². The molecule has 1 amide bonds. The van der Waals surface area contributed by atoms with Crippen LogP contribution in [-0.4, -0.2) is 34.6 Å². The maximum absolute atomic E-state index is 14.9. The average Bonchev–Trinajstić information content (AvgIpc) is 3.43. The molecule has 3 aromatic rings. The molecule has 0 unspecified atom stereocenters. The van der Waals surface area contributed by atoms with Crippen LogP contribution in [0.25, 0.3) is 11.1 Å². The highest BCUT2D eigenvalue weighted by Crippen LogP contribution is 2.29. The molecule has 33 heavy (non-hydrogen) atoms. The Morgan fingerprint density at radius 1 is 1.33 bits per heavy atom. The van der Waals surface area contributed by atoms with Crippen molar-refractivity contribution < 1.29 is 13.9 Å². The van der Waals surface area contributed by atoms with Crippen LogP contribution in [0.15, 0.2) is 54.7 Å². The van der Waals surface area contributed by atoms with Gasteiger partial charge in [-0.2, -0.15) is 4.37 Å². The zero-order chi connectivity index (χ0) is 23.4. The first-order valence-electron chi connectivity index (χ1n) is 10.5. The van der Waals surface area contributed by atoms with Gasteiger partial charge in [-0.15, -0.1) is 0 Å². The molecule has 1 atom stereocenters. The number of aromatic nitrogens is 2. The number of rotatable bonds is 9. The van der Waals surface area contributed by atoms with Gasteiger partial charge in [-0.3, -0.25) is 4.90 Å². The van der Waals surface area contributed by atoms with Crippen LogP contribution in [0.1, 0.15) is 18.3 Å². The van der Waals surface area contributed by atoms with E-state index in [1.165, 1.54) is 22.5 Å². The molecule has 4 rings (SSSR count). The summed E-state index contributed by atoms with van der Waals surface area (Å²) in [4.78, 5) is 17.9. The zero-order valence-electron chi connectivity index (χ0n) is 18.2. The first-order chi connectivity index (χ1) is 15.9. The fourth-order valence-electron chi connectivity index (χ4n) is 3.42. The Balaban J connectivity index is 1.40. The Labute approximate surface area is 195 Å².